The number of allylic oxidation sites excluding steroid dienone is 28. The first kappa shape index (κ1) is 65.8. The number of hydrogen-bond acceptors (Lipinski definition) is 6. The van der Waals surface area contributed by atoms with E-state index >= 15 is 0 Å². The molecular weight excluding hydrogens is 877 g/mol. The number of hydrogen-bond donors (Lipinski definition) is 0. The lowest BCUT2D eigenvalue weighted by molar-refractivity contribution is -0.167. The second-order valence-electron chi connectivity index (χ2n) is 17.3. The van der Waals surface area contributed by atoms with Gasteiger partial charge in [0.05, 0.1) is 0 Å². The highest BCUT2D eigenvalue weighted by molar-refractivity contribution is 5.71. The average Bonchev–Trinajstić information content (AvgIpc) is 3.37. The molecule has 0 aromatic carbocycles. The topological polar surface area (TPSA) is 78.9 Å². The van der Waals surface area contributed by atoms with Crippen LogP contribution in [-0.2, 0) is 28.6 Å². The zero-order valence-corrected chi connectivity index (χ0v) is 44.9. The van der Waals surface area contributed by atoms with Gasteiger partial charge in [-0.1, -0.05) is 210 Å². The number of unbranched alkanes of at least 4 members (excludes halogenated alkanes) is 8. The van der Waals surface area contributed by atoms with Crippen molar-refractivity contribution in [2.24, 2.45) is 0 Å². The summed E-state index contributed by atoms with van der Waals surface area (Å²) in [5.74, 6) is -1.07. The van der Waals surface area contributed by atoms with E-state index in [1.54, 1.807) is 0 Å². The van der Waals surface area contributed by atoms with Crippen molar-refractivity contribution in [3.05, 3.63) is 170 Å². The minimum atomic E-state index is -0.843. The van der Waals surface area contributed by atoms with E-state index in [0.717, 1.165) is 148 Å². The molecule has 0 saturated carbocycles. The maximum Gasteiger partial charge on any atom is 0.306 e. The van der Waals surface area contributed by atoms with E-state index < -0.39 is 12.1 Å². The largest absolute Gasteiger partial charge is 0.462 e. The number of carbonyl (C=O) groups excluding carboxylic acids is 3. The van der Waals surface area contributed by atoms with E-state index in [4.69, 9.17) is 14.2 Å². The molecule has 71 heavy (non-hydrogen) atoms. The molecular formula is C65H98O6. The van der Waals surface area contributed by atoms with Gasteiger partial charge < -0.3 is 14.2 Å². The van der Waals surface area contributed by atoms with Crippen molar-refractivity contribution in [1.29, 1.82) is 0 Å². The number of esters is 3. The summed E-state index contributed by atoms with van der Waals surface area (Å²) in [4.78, 5) is 38.1. The predicted octanol–water partition coefficient (Wildman–Crippen LogP) is 18.8. The molecule has 0 heterocycles. The summed E-state index contributed by atoms with van der Waals surface area (Å²) in [6.07, 6.45) is 84.9. The molecule has 0 saturated heterocycles. The van der Waals surface area contributed by atoms with Gasteiger partial charge in [-0.05, 0) is 141 Å². The lowest BCUT2D eigenvalue weighted by Crippen LogP contribution is -2.30. The molecule has 0 bridgehead atoms. The number of ether oxygens (including phenoxy) is 3. The Balaban J connectivity index is 4.62. The summed E-state index contributed by atoms with van der Waals surface area (Å²) in [5.41, 5.74) is 0. The Morgan fingerprint density at radius 2 is 0.521 bits per heavy atom. The highest BCUT2D eigenvalue weighted by atomic mass is 16.6. The van der Waals surface area contributed by atoms with Crippen LogP contribution in [0.1, 0.15) is 201 Å². The lowest BCUT2D eigenvalue weighted by atomic mass is 10.1. The first-order valence-corrected chi connectivity index (χ1v) is 27.6. The lowest BCUT2D eigenvalue weighted by Gasteiger charge is -2.18. The molecule has 6 heteroatoms. The van der Waals surface area contributed by atoms with Gasteiger partial charge in [0.2, 0.25) is 0 Å². The first-order valence-electron chi connectivity index (χ1n) is 27.6. The van der Waals surface area contributed by atoms with Gasteiger partial charge >= 0.3 is 17.9 Å². The van der Waals surface area contributed by atoms with Crippen molar-refractivity contribution in [1.82, 2.24) is 0 Å². The Labute approximate surface area is 434 Å². The highest BCUT2D eigenvalue weighted by Crippen LogP contribution is 2.11. The molecule has 0 aromatic heterocycles. The third kappa shape index (κ3) is 55.6. The van der Waals surface area contributed by atoms with Crippen LogP contribution in [0.15, 0.2) is 170 Å². The van der Waals surface area contributed by atoms with Crippen molar-refractivity contribution in [2.75, 3.05) is 13.2 Å². The van der Waals surface area contributed by atoms with Gasteiger partial charge in [-0.15, -0.1) is 0 Å². The van der Waals surface area contributed by atoms with E-state index in [1.807, 2.05) is 0 Å². The maximum atomic E-state index is 12.8. The average molecular weight is 975 g/mol. The van der Waals surface area contributed by atoms with Crippen LogP contribution in [-0.4, -0.2) is 37.2 Å². The van der Waals surface area contributed by atoms with Crippen LogP contribution in [0.2, 0.25) is 0 Å². The molecule has 0 aliphatic heterocycles. The van der Waals surface area contributed by atoms with E-state index in [-0.39, 0.29) is 38.0 Å². The predicted molar refractivity (Wildman–Crippen MR) is 306 cm³/mol. The number of rotatable bonds is 47. The summed E-state index contributed by atoms with van der Waals surface area (Å²) in [7, 11) is 0. The third-order valence-electron chi connectivity index (χ3n) is 10.7. The first-order chi connectivity index (χ1) is 35.0. The molecule has 0 aliphatic carbocycles. The molecule has 0 aromatic rings. The Morgan fingerprint density at radius 1 is 0.282 bits per heavy atom. The van der Waals surface area contributed by atoms with Gasteiger partial charge in [0.15, 0.2) is 6.10 Å². The van der Waals surface area contributed by atoms with Gasteiger partial charge in [0, 0.05) is 19.3 Å². The van der Waals surface area contributed by atoms with Gasteiger partial charge in [-0.2, -0.15) is 0 Å². The Bertz CT molecular complexity index is 1690. The quantitative estimate of drug-likeness (QED) is 0.0262. The Hall–Kier alpha value is -5.23. The molecule has 1 atom stereocenters. The maximum absolute atomic E-state index is 12.8. The molecule has 394 valence electrons. The van der Waals surface area contributed by atoms with Crippen molar-refractivity contribution in [3.8, 4) is 0 Å². The zero-order chi connectivity index (χ0) is 51.4. The van der Waals surface area contributed by atoms with Crippen LogP contribution in [0.25, 0.3) is 0 Å². The molecule has 0 N–H and O–H groups in total. The van der Waals surface area contributed by atoms with Gasteiger partial charge in [-0.3, -0.25) is 14.4 Å². The smallest absolute Gasteiger partial charge is 0.306 e. The van der Waals surface area contributed by atoms with E-state index in [0.29, 0.717) is 19.3 Å². The van der Waals surface area contributed by atoms with Gasteiger partial charge in [-0.25, -0.2) is 0 Å². The molecule has 0 rings (SSSR count). The normalized spacial score (nSPS) is 13.5. The van der Waals surface area contributed by atoms with Gasteiger partial charge in [0.1, 0.15) is 13.2 Å². The Kier molecular flexibility index (Phi) is 53.1. The second-order valence-corrected chi connectivity index (χ2v) is 17.3. The van der Waals surface area contributed by atoms with Crippen molar-refractivity contribution in [3.63, 3.8) is 0 Å². The fourth-order valence-electron chi connectivity index (χ4n) is 6.67. The van der Waals surface area contributed by atoms with Crippen molar-refractivity contribution >= 4 is 17.9 Å². The zero-order valence-electron chi connectivity index (χ0n) is 44.9. The summed E-state index contributed by atoms with van der Waals surface area (Å²) in [6.45, 7) is 6.17. The van der Waals surface area contributed by atoms with E-state index in [9.17, 15) is 14.4 Å². The standard InChI is InChI=1S/C65H98O6/c1-4-7-10-13-16-19-22-25-28-30-31-32-33-35-37-40-43-46-49-52-55-58-64(67)70-61-62(60-69-63(66)57-54-51-48-45-42-39-36-27-24-21-18-15-12-9-6-3)71-65(68)59-56-53-50-47-44-41-38-34-29-26-23-20-17-14-11-8-5-2/h7-12,16-21,25-29,31-32,35-38,41,43,46-47,50,62H,4-6,13-15,22-24,30,33-34,39-40,42,44-45,48-49,51-61H2,1-3H3/b10-7-,11-8-,12-9-,19-16-,20-17-,21-18-,28-25-,29-26-,32-31-,36-27-,37-35-,41-38-,46-43-,50-47-. The van der Waals surface area contributed by atoms with Crippen LogP contribution in [0.4, 0.5) is 0 Å². The summed E-state index contributed by atoms with van der Waals surface area (Å²) in [5, 5.41) is 0. The van der Waals surface area contributed by atoms with Gasteiger partial charge in [0.25, 0.3) is 0 Å². The number of carbonyl (C=O) groups is 3. The molecule has 1 unspecified atom stereocenters. The fourth-order valence-corrected chi connectivity index (χ4v) is 6.67. The van der Waals surface area contributed by atoms with Crippen LogP contribution >= 0.6 is 0 Å². The van der Waals surface area contributed by atoms with Crippen LogP contribution in [0.5, 0.6) is 0 Å². The summed E-state index contributed by atoms with van der Waals surface area (Å²) in [6, 6.07) is 0. The molecule has 0 fully saturated rings. The molecule has 0 radical (unpaired) electrons. The third-order valence-corrected chi connectivity index (χ3v) is 10.7. The molecule has 0 spiro atoms. The SMILES string of the molecule is CC/C=C\C/C=C\C/C=C\C/C=C\C/C=C\C/C=C\CCCCC(=O)OCC(COC(=O)CCCCCCC/C=C\C/C=C\C/C=C\CC)OC(=O)CCC/C=C\C/C=C\C/C=C\C/C=C\C/C=C\CC. The molecule has 0 amide bonds. The second kappa shape index (κ2) is 57.3. The minimum Gasteiger partial charge on any atom is -0.462 e. The van der Waals surface area contributed by atoms with E-state index in [1.165, 1.54) is 0 Å². The molecule has 0 aliphatic rings. The van der Waals surface area contributed by atoms with Crippen LogP contribution in [0, 0.1) is 0 Å². The summed E-state index contributed by atoms with van der Waals surface area (Å²) >= 11 is 0. The fraction of sp³-hybridized carbons (Fsp3) is 0.523. The van der Waals surface area contributed by atoms with Crippen LogP contribution in [0.3, 0.4) is 0 Å². The van der Waals surface area contributed by atoms with Crippen LogP contribution < -0.4 is 0 Å². The summed E-state index contributed by atoms with van der Waals surface area (Å²) < 4.78 is 16.7. The highest BCUT2D eigenvalue weighted by Gasteiger charge is 2.19. The van der Waals surface area contributed by atoms with Crippen molar-refractivity contribution < 1.29 is 28.6 Å². The monoisotopic (exact) mass is 975 g/mol. The minimum absolute atomic E-state index is 0.133. The van der Waals surface area contributed by atoms with E-state index in [2.05, 4.69) is 191 Å². The Morgan fingerprint density at radius 3 is 0.859 bits per heavy atom. The molecule has 6 nitrogen and oxygen atoms in total. The van der Waals surface area contributed by atoms with Crippen molar-refractivity contribution in [2.45, 2.75) is 207 Å².